The second kappa shape index (κ2) is 12.2. The maximum atomic E-state index is 12.7. The molecule has 9 nitrogen and oxygen atoms in total. The minimum Gasteiger partial charge on any atom is -0.497 e. The number of thioether (sulfide) groups is 1. The number of aromatic nitrogens is 3. The number of anilines is 1. The number of nitrogens with one attached hydrogen (secondary N) is 2. The number of ether oxygens (including phenoxy) is 1. The van der Waals surface area contributed by atoms with Gasteiger partial charge in [0.1, 0.15) is 11.8 Å². The molecule has 0 aliphatic heterocycles. The molecule has 1 aromatic heterocycles. The maximum Gasteiger partial charge on any atom is 0.251 e. The van der Waals surface area contributed by atoms with Crippen LogP contribution in [-0.4, -0.2) is 51.2 Å². The molecule has 0 unspecified atom stereocenters. The third-order valence-corrected chi connectivity index (χ3v) is 6.54. The molecule has 10 heteroatoms. The van der Waals surface area contributed by atoms with Crippen LogP contribution in [0.25, 0.3) is 10.8 Å². The number of fused-ring (bicyclic) bond motifs is 1. The number of aliphatic hydroxyl groups excluding tert-OH is 1. The van der Waals surface area contributed by atoms with E-state index < -0.39 is 6.04 Å². The van der Waals surface area contributed by atoms with Crippen molar-refractivity contribution >= 4 is 40.0 Å². The molecular formula is C27H27N5O4S. The summed E-state index contributed by atoms with van der Waals surface area (Å²) in [7, 11) is 1.55. The van der Waals surface area contributed by atoms with Crippen LogP contribution < -0.4 is 15.4 Å². The van der Waals surface area contributed by atoms with Gasteiger partial charge in [-0.2, -0.15) is 0 Å². The molecule has 0 saturated heterocycles. The summed E-state index contributed by atoms with van der Waals surface area (Å²) in [6.45, 7) is 3.73. The van der Waals surface area contributed by atoms with Gasteiger partial charge in [0.05, 0.1) is 19.5 Å². The van der Waals surface area contributed by atoms with Crippen LogP contribution >= 0.6 is 11.8 Å². The lowest BCUT2D eigenvalue weighted by atomic mass is 10.1. The summed E-state index contributed by atoms with van der Waals surface area (Å²) >= 11 is 1.21. The van der Waals surface area contributed by atoms with Gasteiger partial charge >= 0.3 is 0 Å². The summed E-state index contributed by atoms with van der Waals surface area (Å²) < 4.78 is 6.84. The molecule has 0 saturated carbocycles. The fraction of sp³-hybridized carbons (Fsp3) is 0.185. The van der Waals surface area contributed by atoms with Crippen LogP contribution in [0.15, 0.2) is 84.5 Å². The standard InChI is InChI=1S/C27H27N5O4S/c1-3-14-32-25(23(16-33)29-26(35)19-9-12-22(36-2)13-10-19)30-31-27(32)37-17-24(34)28-21-11-8-18-6-4-5-7-20(18)15-21/h3-13,15,23,33H,1,14,16-17H2,2H3,(H,28,34)(H,29,35)/t23-/m1/s1. The third-order valence-electron chi connectivity index (χ3n) is 5.57. The molecule has 0 spiro atoms. The first-order chi connectivity index (χ1) is 18.0. The van der Waals surface area contributed by atoms with Crippen molar-refractivity contribution in [2.24, 2.45) is 0 Å². The van der Waals surface area contributed by atoms with E-state index in [1.54, 1.807) is 42.0 Å². The Morgan fingerprint density at radius 1 is 1.11 bits per heavy atom. The van der Waals surface area contributed by atoms with Gasteiger partial charge in [-0.15, -0.1) is 16.8 Å². The number of aliphatic hydroxyl groups is 1. The molecule has 190 valence electrons. The van der Waals surface area contributed by atoms with E-state index in [1.807, 2.05) is 42.5 Å². The van der Waals surface area contributed by atoms with Crippen molar-refractivity contribution in [3.05, 3.63) is 90.8 Å². The molecule has 1 heterocycles. The Hall–Kier alpha value is -4.15. The minimum atomic E-state index is -0.803. The average molecular weight is 518 g/mol. The Morgan fingerprint density at radius 2 is 1.86 bits per heavy atom. The van der Waals surface area contributed by atoms with Gasteiger partial charge in [0, 0.05) is 17.8 Å². The molecule has 2 amide bonds. The molecule has 0 radical (unpaired) electrons. The number of methoxy groups -OCH3 is 1. The monoisotopic (exact) mass is 517 g/mol. The number of carbonyl (C=O) groups excluding carboxylic acids is 2. The highest BCUT2D eigenvalue weighted by atomic mass is 32.2. The minimum absolute atomic E-state index is 0.101. The van der Waals surface area contributed by atoms with Crippen LogP contribution in [0.1, 0.15) is 22.2 Å². The summed E-state index contributed by atoms with van der Waals surface area (Å²) in [5, 5.41) is 26.7. The van der Waals surface area contributed by atoms with Gasteiger partial charge < -0.3 is 25.0 Å². The van der Waals surface area contributed by atoms with Crippen LogP contribution in [0.4, 0.5) is 5.69 Å². The van der Waals surface area contributed by atoms with E-state index >= 15 is 0 Å². The van der Waals surface area contributed by atoms with E-state index in [0.717, 1.165) is 10.8 Å². The van der Waals surface area contributed by atoms with Crippen LogP contribution in [0, 0.1) is 0 Å². The normalized spacial score (nSPS) is 11.6. The molecule has 0 bridgehead atoms. The van der Waals surface area contributed by atoms with Crippen molar-refractivity contribution in [1.82, 2.24) is 20.1 Å². The van der Waals surface area contributed by atoms with E-state index in [0.29, 0.717) is 34.5 Å². The summed E-state index contributed by atoms with van der Waals surface area (Å²) in [4.78, 5) is 25.4. The Morgan fingerprint density at radius 3 is 2.57 bits per heavy atom. The van der Waals surface area contributed by atoms with Gasteiger partial charge in [0.25, 0.3) is 5.91 Å². The number of allylic oxidation sites excluding steroid dienone is 1. The van der Waals surface area contributed by atoms with Crippen molar-refractivity contribution in [3.8, 4) is 5.75 Å². The fourth-order valence-corrected chi connectivity index (χ4v) is 4.49. The zero-order valence-electron chi connectivity index (χ0n) is 20.3. The van der Waals surface area contributed by atoms with Crippen molar-refractivity contribution in [2.75, 3.05) is 24.8 Å². The Bertz CT molecular complexity index is 1400. The third kappa shape index (κ3) is 6.35. The summed E-state index contributed by atoms with van der Waals surface area (Å²) in [6.07, 6.45) is 1.66. The molecule has 0 aliphatic rings. The smallest absolute Gasteiger partial charge is 0.251 e. The molecule has 3 aromatic carbocycles. The van der Waals surface area contributed by atoms with Crippen LogP contribution in [-0.2, 0) is 11.3 Å². The van der Waals surface area contributed by atoms with E-state index in [-0.39, 0.29) is 24.2 Å². The molecule has 4 rings (SSSR count). The number of rotatable bonds is 11. The fourth-order valence-electron chi connectivity index (χ4n) is 3.74. The predicted molar refractivity (Wildman–Crippen MR) is 144 cm³/mol. The van der Waals surface area contributed by atoms with Gasteiger partial charge in [0.15, 0.2) is 11.0 Å². The first-order valence-corrected chi connectivity index (χ1v) is 12.5. The highest BCUT2D eigenvalue weighted by Gasteiger charge is 2.23. The first kappa shape index (κ1) is 25.9. The molecule has 0 aliphatic carbocycles. The number of carbonyl (C=O) groups is 2. The average Bonchev–Trinajstić information content (AvgIpc) is 3.32. The maximum absolute atomic E-state index is 12.7. The number of benzene rings is 3. The van der Waals surface area contributed by atoms with E-state index in [2.05, 4.69) is 27.4 Å². The zero-order chi connectivity index (χ0) is 26.2. The molecule has 3 N–H and O–H groups in total. The quantitative estimate of drug-likeness (QED) is 0.204. The van der Waals surface area contributed by atoms with Gasteiger partial charge in [0.2, 0.25) is 5.91 Å². The SMILES string of the molecule is C=CCn1c(SCC(=O)Nc2ccc3ccccc3c2)nnc1[C@@H](CO)NC(=O)c1ccc(OC)cc1. The second-order valence-electron chi connectivity index (χ2n) is 8.08. The summed E-state index contributed by atoms with van der Waals surface area (Å²) in [5.41, 5.74) is 1.12. The Balaban J connectivity index is 1.43. The number of nitrogens with zero attached hydrogens (tertiary/aromatic N) is 3. The number of hydrogen-bond donors (Lipinski definition) is 3. The van der Waals surface area contributed by atoms with Crippen molar-refractivity contribution in [2.45, 2.75) is 17.7 Å². The topological polar surface area (TPSA) is 118 Å². The number of amides is 2. The van der Waals surface area contributed by atoms with Gasteiger partial charge in [-0.05, 0) is 47.2 Å². The van der Waals surface area contributed by atoms with Crippen molar-refractivity contribution in [1.29, 1.82) is 0 Å². The van der Waals surface area contributed by atoms with Crippen molar-refractivity contribution < 1.29 is 19.4 Å². The van der Waals surface area contributed by atoms with E-state index in [9.17, 15) is 14.7 Å². The second-order valence-corrected chi connectivity index (χ2v) is 9.02. The largest absolute Gasteiger partial charge is 0.497 e. The van der Waals surface area contributed by atoms with Crippen molar-refractivity contribution in [3.63, 3.8) is 0 Å². The molecule has 0 fully saturated rings. The summed E-state index contributed by atoms with van der Waals surface area (Å²) in [5.74, 6) is 0.527. The molecule has 4 aromatic rings. The highest BCUT2D eigenvalue weighted by molar-refractivity contribution is 7.99. The van der Waals surface area contributed by atoms with Crippen LogP contribution in [0.5, 0.6) is 5.75 Å². The van der Waals surface area contributed by atoms with E-state index in [1.165, 1.54) is 11.8 Å². The van der Waals surface area contributed by atoms with Crippen LogP contribution in [0.3, 0.4) is 0 Å². The zero-order valence-corrected chi connectivity index (χ0v) is 21.1. The van der Waals surface area contributed by atoms with Crippen LogP contribution in [0.2, 0.25) is 0 Å². The van der Waals surface area contributed by atoms with Gasteiger partial charge in [-0.3, -0.25) is 9.59 Å². The molecule has 1 atom stereocenters. The predicted octanol–water partition coefficient (Wildman–Crippen LogP) is 3.82. The van der Waals surface area contributed by atoms with Gasteiger partial charge in [-0.1, -0.05) is 48.2 Å². The lowest BCUT2D eigenvalue weighted by Crippen LogP contribution is -2.33. The summed E-state index contributed by atoms with van der Waals surface area (Å²) in [6, 6.07) is 19.5. The number of hydrogen-bond acceptors (Lipinski definition) is 7. The molecular weight excluding hydrogens is 490 g/mol. The highest BCUT2D eigenvalue weighted by Crippen LogP contribution is 2.23. The first-order valence-electron chi connectivity index (χ1n) is 11.5. The lowest BCUT2D eigenvalue weighted by molar-refractivity contribution is -0.113. The molecule has 37 heavy (non-hydrogen) atoms. The Kier molecular flexibility index (Phi) is 8.55. The Labute approximate surface area is 218 Å². The van der Waals surface area contributed by atoms with E-state index in [4.69, 9.17) is 4.74 Å². The lowest BCUT2D eigenvalue weighted by Gasteiger charge is -2.17. The van der Waals surface area contributed by atoms with Gasteiger partial charge in [-0.25, -0.2) is 0 Å².